The Bertz CT molecular complexity index is 698. The van der Waals surface area contributed by atoms with Crippen molar-refractivity contribution in [3.63, 3.8) is 0 Å². The highest BCUT2D eigenvalue weighted by Gasteiger charge is 2.13. The molecule has 3 aromatic rings. The Balaban J connectivity index is 1.60. The SMILES string of the molecule is OCCN(CCc1ccccc1)Cc1noc(-c2ccsc2)n1. The van der Waals surface area contributed by atoms with Crippen molar-refractivity contribution in [2.75, 3.05) is 19.7 Å². The van der Waals surface area contributed by atoms with E-state index in [2.05, 4.69) is 27.2 Å². The van der Waals surface area contributed by atoms with Crippen molar-refractivity contribution in [3.8, 4) is 11.5 Å². The van der Waals surface area contributed by atoms with Crippen molar-refractivity contribution in [2.24, 2.45) is 0 Å². The van der Waals surface area contributed by atoms with Crippen LogP contribution >= 0.6 is 11.3 Å². The fourth-order valence-electron chi connectivity index (χ4n) is 2.36. The van der Waals surface area contributed by atoms with Gasteiger partial charge in [0.1, 0.15) is 0 Å². The Morgan fingerprint density at radius 1 is 1.13 bits per heavy atom. The molecule has 0 bridgehead atoms. The minimum absolute atomic E-state index is 0.115. The summed E-state index contributed by atoms with van der Waals surface area (Å²) in [6.45, 7) is 2.12. The fourth-order valence-corrected chi connectivity index (χ4v) is 2.99. The second kappa shape index (κ2) is 8.01. The predicted octanol–water partition coefficient (Wildman–Crippen LogP) is 2.84. The second-order valence-corrected chi connectivity index (χ2v) is 6.04. The lowest BCUT2D eigenvalue weighted by molar-refractivity contribution is 0.187. The summed E-state index contributed by atoms with van der Waals surface area (Å²) in [5.41, 5.74) is 2.23. The lowest BCUT2D eigenvalue weighted by Gasteiger charge is -2.19. The molecule has 0 radical (unpaired) electrons. The summed E-state index contributed by atoms with van der Waals surface area (Å²) in [6, 6.07) is 12.3. The van der Waals surface area contributed by atoms with Crippen LogP contribution in [0.1, 0.15) is 11.4 Å². The average Bonchev–Trinajstić information content (AvgIpc) is 3.25. The van der Waals surface area contributed by atoms with Gasteiger partial charge in [-0.15, -0.1) is 0 Å². The quantitative estimate of drug-likeness (QED) is 0.688. The molecule has 0 fully saturated rings. The molecule has 0 aliphatic rings. The van der Waals surface area contributed by atoms with Crippen molar-refractivity contribution >= 4 is 11.3 Å². The zero-order chi connectivity index (χ0) is 15.9. The van der Waals surface area contributed by atoms with E-state index in [1.54, 1.807) is 11.3 Å². The molecule has 0 saturated heterocycles. The zero-order valence-corrected chi connectivity index (χ0v) is 13.6. The highest BCUT2D eigenvalue weighted by molar-refractivity contribution is 7.08. The normalized spacial score (nSPS) is 11.2. The minimum atomic E-state index is 0.115. The van der Waals surface area contributed by atoms with Crippen LogP contribution in [0.25, 0.3) is 11.5 Å². The van der Waals surface area contributed by atoms with Gasteiger partial charge < -0.3 is 9.63 Å². The molecule has 23 heavy (non-hydrogen) atoms. The lowest BCUT2D eigenvalue weighted by Crippen LogP contribution is -2.29. The van der Waals surface area contributed by atoms with Gasteiger partial charge in [-0.05, 0) is 23.4 Å². The van der Waals surface area contributed by atoms with Gasteiger partial charge in [-0.25, -0.2) is 0 Å². The van der Waals surface area contributed by atoms with Crippen molar-refractivity contribution < 1.29 is 9.63 Å². The highest BCUT2D eigenvalue weighted by Crippen LogP contribution is 2.20. The van der Waals surface area contributed by atoms with Crippen molar-refractivity contribution in [3.05, 3.63) is 58.5 Å². The van der Waals surface area contributed by atoms with E-state index in [0.717, 1.165) is 18.5 Å². The van der Waals surface area contributed by atoms with Crippen LogP contribution in [-0.4, -0.2) is 39.8 Å². The van der Waals surface area contributed by atoms with E-state index in [1.807, 2.05) is 35.0 Å². The van der Waals surface area contributed by atoms with E-state index in [4.69, 9.17) is 4.52 Å². The van der Waals surface area contributed by atoms with Crippen LogP contribution in [0.4, 0.5) is 0 Å². The third-order valence-corrected chi connectivity index (χ3v) is 4.26. The molecule has 1 aromatic carbocycles. The van der Waals surface area contributed by atoms with Gasteiger partial charge in [0.05, 0.1) is 18.7 Å². The fraction of sp³-hybridized carbons (Fsp3) is 0.294. The molecule has 120 valence electrons. The second-order valence-electron chi connectivity index (χ2n) is 5.26. The summed E-state index contributed by atoms with van der Waals surface area (Å²) in [5, 5.41) is 17.3. The maximum atomic E-state index is 9.26. The molecule has 0 unspecified atom stereocenters. The van der Waals surface area contributed by atoms with Gasteiger partial charge in [-0.2, -0.15) is 16.3 Å². The van der Waals surface area contributed by atoms with Crippen LogP contribution in [0, 0.1) is 0 Å². The van der Waals surface area contributed by atoms with E-state index in [1.165, 1.54) is 5.56 Å². The summed E-state index contributed by atoms with van der Waals surface area (Å²) in [6.07, 6.45) is 0.927. The molecule has 1 N–H and O–H groups in total. The van der Waals surface area contributed by atoms with Gasteiger partial charge in [0.2, 0.25) is 0 Å². The van der Waals surface area contributed by atoms with Gasteiger partial charge in [0.15, 0.2) is 5.82 Å². The van der Waals surface area contributed by atoms with Crippen molar-refractivity contribution in [2.45, 2.75) is 13.0 Å². The van der Waals surface area contributed by atoms with E-state index in [0.29, 0.717) is 24.8 Å². The molecule has 2 aromatic heterocycles. The number of aliphatic hydroxyl groups excluding tert-OH is 1. The standard InChI is InChI=1S/C17H19N3O2S/c21-10-9-20(8-6-14-4-2-1-3-5-14)12-16-18-17(22-19-16)15-7-11-23-13-15/h1-5,7,11,13,21H,6,8-10,12H2. The summed E-state index contributed by atoms with van der Waals surface area (Å²) < 4.78 is 5.31. The van der Waals surface area contributed by atoms with Crippen molar-refractivity contribution in [1.29, 1.82) is 0 Å². The molecule has 6 heteroatoms. The first-order valence-corrected chi connectivity index (χ1v) is 8.52. The van der Waals surface area contributed by atoms with Crippen LogP contribution in [0.5, 0.6) is 0 Å². The van der Waals surface area contributed by atoms with Crippen LogP contribution in [0.15, 0.2) is 51.7 Å². The summed E-state index contributed by atoms with van der Waals surface area (Å²) in [7, 11) is 0. The van der Waals surface area contributed by atoms with Crippen LogP contribution in [-0.2, 0) is 13.0 Å². The number of hydrogen-bond donors (Lipinski definition) is 1. The Kier molecular flexibility index (Phi) is 5.52. The molecule has 0 aliphatic carbocycles. The van der Waals surface area contributed by atoms with Gasteiger partial charge in [-0.3, -0.25) is 4.90 Å². The van der Waals surface area contributed by atoms with Gasteiger partial charge in [-0.1, -0.05) is 35.5 Å². The van der Waals surface area contributed by atoms with E-state index in [-0.39, 0.29) is 6.61 Å². The predicted molar refractivity (Wildman–Crippen MR) is 90.1 cm³/mol. The van der Waals surface area contributed by atoms with Crippen molar-refractivity contribution in [1.82, 2.24) is 15.0 Å². The van der Waals surface area contributed by atoms with Crippen LogP contribution in [0.3, 0.4) is 0 Å². The molecule has 0 amide bonds. The highest BCUT2D eigenvalue weighted by atomic mass is 32.1. The Morgan fingerprint density at radius 3 is 2.74 bits per heavy atom. The third-order valence-electron chi connectivity index (χ3n) is 3.58. The Labute approximate surface area is 139 Å². The number of aromatic nitrogens is 2. The van der Waals surface area contributed by atoms with E-state index < -0.39 is 0 Å². The minimum Gasteiger partial charge on any atom is -0.395 e. The van der Waals surface area contributed by atoms with Gasteiger partial charge in [0, 0.05) is 18.5 Å². The largest absolute Gasteiger partial charge is 0.395 e. The molecule has 2 heterocycles. The number of nitrogens with zero attached hydrogens (tertiary/aromatic N) is 3. The van der Waals surface area contributed by atoms with E-state index in [9.17, 15) is 5.11 Å². The number of thiophene rings is 1. The number of aliphatic hydroxyl groups is 1. The number of rotatable bonds is 8. The first-order chi connectivity index (χ1) is 11.3. The van der Waals surface area contributed by atoms with Gasteiger partial charge in [0.25, 0.3) is 5.89 Å². The van der Waals surface area contributed by atoms with E-state index >= 15 is 0 Å². The summed E-state index contributed by atoms with van der Waals surface area (Å²) in [4.78, 5) is 6.57. The number of hydrogen-bond acceptors (Lipinski definition) is 6. The molecule has 0 atom stereocenters. The summed E-state index contributed by atoms with van der Waals surface area (Å²) >= 11 is 1.60. The molecular weight excluding hydrogens is 310 g/mol. The smallest absolute Gasteiger partial charge is 0.258 e. The molecule has 5 nitrogen and oxygen atoms in total. The maximum absolute atomic E-state index is 9.26. The first-order valence-electron chi connectivity index (χ1n) is 7.57. The average molecular weight is 329 g/mol. The molecule has 0 spiro atoms. The lowest BCUT2D eigenvalue weighted by atomic mass is 10.1. The molecule has 3 rings (SSSR count). The Morgan fingerprint density at radius 2 is 2.00 bits per heavy atom. The first kappa shape index (κ1) is 15.9. The molecule has 0 aliphatic heterocycles. The topological polar surface area (TPSA) is 62.4 Å². The number of benzene rings is 1. The van der Waals surface area contributed by atoms with Gasteiger partial charge >= 0.3 is 0 Å². The molecule has 0 saturated carbocycles. The Hall–Kier alpha value is -2.02. The maximum Gasteiger partial charge on any atom is 0.258 e. The monoisotopic (exact) mass is 329 g/mol. The zero-order valence-electron chi connectivity index (χ0n) is 12.8. The van der Waals surface area contributed by atoms with Crippen LogP contribution < -0.4 is 0 Å². The van der Waals surface area contributed by atoms with Crippen LogP contribution in [0.2, 0.25) is 0 Å². The molecular formula is C17H19N3O2S. The summed E-state index contributed by atoms with van der Waals surface area (Å²) in [5.74, 6) is 1.20. The third kappa shape index (κ3) is 4.48.